The lowest BCUT2D eigenvalue weighted by Gasteiger charge is -2.34. The smallest absolute Gasteiger partial charge is 0.363 e. The lowest BCUT2D eigenvalue weighted by molar-refractivity contribution is -0.137. The van der Waals surface area contributed by atoms with E-state index >= 15 is 0 Å². The third-order valence-electron chi connectivity index (χ3n) is 6.35. The van der Waals surface area contributed by atoms with E-state index in [0.29, 0.717) is 40.8 Å². The van der Waals surface area contributed by atoms with Crippen LogP contribution in [-0.2, 0) is 25.6 Å². The summed E-state index contributed by atoms with van der Waals surface area (Å²) in [4.78, 5) is 27.9. The van der Waals surface area contributed by atoms with Crippen LogP contribution >= 0.6 is 0 Å². The maximum Gasteiger partial charge on any atom is 0.416 e. The molecular weight excluding hydrogens is 497 g/mol. The summed E-state index contributed by atoms with van der Waals surface area (Å²) in [7, 11) is 0. The number of aromatic nitrogens is 1. The molecule has 10 heteroatoms. The van der Waals surface area contributed by atoms with E-state index in [1.54, 1.807) is 23.1 Å². The molecule has 38 heavy (non-hydrogen) atoms. The molecule has 0 fully saturated rings. The standard InChI is InChI=1S/C28H27F3N4O3/c1-27(2,3)33-26(37)35-12-11-21-20(17-5-4-6-19(13-17)28(29,30)31)8-9-22(23(21)15-35)25(36)10-7-18-16-38-34-24(18)14-32/h4-6,8-9,13,16H,7,10-12,15H2,1-3H3,(H,33,37). The largest absolute Gasteiger partial charge is 0.416 e. The van der Waals surface area contributed by atoms with E-state index in [1.165, 1.54) is 12.3 Å². The number of halogens is 3. The summed E-state index contributed by atoms with van der Waals surface area (Å²) in [6.07, 6.45) is -2.47. The molecule has 1 N–H and O–H groups in total. The van der Waals surface area contributed by atoms with E-state index in [1.807, 2.05) is 26.8 Å². The van der Waals surface area contributed by atoms with E-state index in [4.69, 9.17) is 9.78 Å². The van der Waals surface area contributed by atoms with E-state index < -0.39 is 17.3 Å². The minimum Gasteiger partial charge on any atom is -0.363 e. The number of nitriles is 1. The monoisotopic (exact) mass is 524 g/mol. The maximum absolute atomic E-state index is 13.4. The molecule has 2 aromatic carbocycles. The van der Waals surface area contributed by atoms with Crippen LogP contribution in [0.3, 0.4) is 0 Å². The number of nitrogens with one attached hydrogen (secondary N) is 1. The number of rotatable bonds is 5. The third kappa shape index (κ3) is 5.88. The number of urea groups is 1. The normalized spacial score (nSPS) is 13.6. The molecule has 0 atom stereocenters. The number of aryl methyl sites for hydroxylation is 1. The molecule has 0 spiro atoms. The third-order valence-corrected chi connectivity index (χ3v) is 6.35. The fraction of sp³-hybridized carbons (Fsp3) is 0.357. The van der Waals surface area contributed by atoms with Crippen molar-refractivity contribution in [2.24, 2.45) is 0 Å². The minimum absolute atomic E-state index is 0.0689. The lowest BCUT2D eigenvalue weighted by atomic mass is 9.85. The lowest BCUT2D eigenvalue weighted by Crippen LogP contribution is -2.50. The molecule has 4 rings (SSSR count). The van der Waals surface area contributed by atoms with Crippen molar-refractivity contribution in [3.8, 4) is 17.2 Å². The number of hydrogen-bond donors (Lipinski definition) is 1. The van der Waals surface area contributed by atoms with Crippen molar-refractivity contribution < 1.29 is 27.3 Å². The predicted octanol–water partition coefficient (Wildman–Crippen LogP) is 5.91. The van der Waals surface area contributed by atoms with E-state index in [9.17, 15) is 22.8 Å². The van der Waals surface area contributed by atoms with Gasteiger partial charge in [0.05, 0.1) is 5.56 Å². The van der Waals surface area contributed by atoms with Crippen LogP contribution in [0.25, 0.3) is 11.1 Å². The van der Waals surface area contributed by atoms with Crippen LogP contribution in [0.1, 0.15) is 65.5 Å². The highest BCUT2D eigenvalue weighted by atomic mass is 19.4. The molecule has 7 nitrogen and oxygen atoms in total. The fourth-order valence-electron chi connectivity index (χ4n) is 4.55. The quantitative estimate of drug-likeness (QED) is 0.418. The van der Waals surface area contributed by atoms with Gasteiger partial charge in [0, 0.05) is 36.2 Å². The second-order valence-corrected chi connectivity index (χ2v) is 10.3. The summed E-state index contributed by atoms with van der Waals surface area (Å²) in [5.41, 5.74) is 2.17. The molecule has 1 aliphatic heterocycles. The highest BCUT2D eigenvalue weighted by molar-refractivity contribution is 5.99. The molecule has 1 aromatic heterocycles. The second kappa shape index (κ2) is 10.3. The first-order valence-corrected chi connectivity index (χ1v) is 12.1. The molecule has 2 heterocycles. The number of amides is 2. The number of benzene rings is 2. The van der Waals surface area contributed by atoms with Crippen molar-refractivity contribution >= 4 is 11.8 Å². The van der Waals surface area contributed by atoms with E-state index in [-0.39, 0.29) is 36.9 Å². The summed E-state index contributed by atoms with van der Waals surface area (Å²) in [6.45, 7) is 6.09. The van der Waals surface area contributed by atoms with Gasteiger partial charge in [-0.05, 0) is 68.0 Å². The molecular formula is C28H27F3N4O3. The van der Waals surface area contributed by atoms with Gasteiger partial charge in [0.2, 0.25) is 0 Å². The number of carbonyl (C=O) groups excluding carboxylic acids is 2. The first-order chi connectivity index (χ1) is 17.9. The minimum atomic E-state index is -4.49. The molecule has 0 saturated carbocycles. The van der Waals surface area contributed by atoms with Crippen LogP contribution in [0.15, 0.2) is 47.2 Å². The molecule has 3 aromatic rings. The molecule has 198 valence electrons. The Balaban J connectivity index is 1.72. The molecule has 0 saturated heterocycles. The van der Waals surface area contributed by atoms with Crippen LogP contribution in [-0.4, -0.2) is 34.0 Å². The number of nitrogens with zero attached hydrogens (tertiary/aromatic N) is 3. The Hall–Kier alpha value is -4.13. The van der Waals surface area contributed by atoms with Gasteiger partial charge in [-0.3, -0.25) is 4.79 Å². The van der Waals surface area contributed by atoms with Crippen molar-refractivity contribution in [2.75, 3.05) is 6.54 Å². The second-order valence-electron chi connectivity index (χ2n) is 10.3. The van der Waals surface area contributed by atoms with Gasteiger partial charge in [-0.15, -0.1) is 0 Å². The fourth-order valence-corrected chi connectivity index (χ4v) is 4.55. The van der Waals surface area contributed by atoms with Gasteiger partial charge in [0.15, 0.2) is 11.5 Å². The van der Waals surface area contributed by atoms with Crippen LogP contribution in [0.5, 0.6) is 0 Å². The van der Waals surface area contributed by atoms with E-state index in [2.05, 4.69) is 10.5 Å². The zero-order valence-corrected chi connectivity index (χ0v) is 21.3. The number of Topliss-reactive ketones (excluding diaryl/α,β-unsaturated/α-hetero) is 1. The van der Waals surface area contributed by atoms with Gasteiger partial charge < -0.3 is 14.7 Å². The Morgan fingerprint density at radius 1 is 1.16 bits per heavy atom. The Morgan fingerprint density at radius 2 is 1.92 bits per heavy atom. The number of alkyl halides is 3. The molecule has 1 aliphatic rings. The Bertz CT molecular complexity index is 1410. The van der Waals surface area contributed by atoms with Crippen LogP contribution < -0.4 is 5.32 Å². The zero-order chi connectivity index (χ0) is 27.7. The van der Waals surface area contributed by atoms with Gasteiger partial charge in [-0.2, -0.15) is 18.4 Å². The van der Waals surface area contributed by atoms with Gasteiger partial charge in [0.25, 0.3) is 0 Å². The van der Waals surface area contributed by atoms with Crippen molar-refractivity contribution in [2.45, 2.75) is 58.3 Å². The molecule has 0 aliphatic carbocycles. The van der Waals surface area contributed by atoms with Crippen LogP contribution in [0.4, 0.5) is 18.0 Å². The van der Waals surface area contributed by atoms with Crippen LogP contribution in [0.2, 0.25) is 0 Å². The molecule has 0 radical (unpaired) electrons. The van der Waals surface area contributed by atoms with E-state index in [0.717, 1.165) is 17.7 Å². The summed E-state index contributed by atoms with van der Waals surface area (Å²) in [6, 6.07) is 10.0. The highest BCUT2D eigenvalue weighted by Crippen LogP contribution is 2.37. The topological polar surface area (TPSA) is 99.2 Å². The predicted molar refractivity (Wildman–Crippen MR) is 133 cm³/mol. The summed E-state index contributed by atoms with van der Waals surface area (Å²) in [5.74, 6) is -0.208. The average Bonchev–Trinajstić information content (AvgIpc) is 3.32. The number of ketones is 1. The first kappa shape index (κ1) is 26.9. The average molecular weight is 525 g/mol. The molecule has 0 unspecified atom stereocenters. The summed E-state index contributed by atoms with van der Waals surface area (Å²) in [5, 5.41) is 15.7. The summed E-state index contributed by atoms with van der Waals surface area (Å²) >= 11 is 0. The number of fused-ring (bicyclic) bond motifs is 1. The van der Waals surface area contributed by atoms with Crippen molar-refractivity contribution in [3.05, 3.63) is 76.2 Å². The van der Waals surface area contributed by atoms with Gasteiger partial charge in [0.1, 0.15) is 12.3 Å². The Kier molecular flexibility index (Phi) is 7.31. The van der Waals surface area contributed by atoms with Crippen molar-refractivity contribution in [1.29, 1.82) is 5.26 Å². The zero-order valence-electron chi connectivity index (χ0n) is 21.3. The van der Waals surface area contributed by atoms with Crippen molar-refractivity contribution in [3.63, 3.8) is 0 Å². The van der Waals surface area contributed by atoms with Gasteiger partial charge in [-0.1, -0.05) is 29.4 Å². The highest BCUT2D eigenvalue weighted by Gasteiger charge is 2.32. The maximum atomic E-state index is 13.4. The molecule has 2 amide bonds. The van der Waals surface area contributed by atoms with Crippen molar-refractivity contribution in [1.82, 2.24) is 15.4 Å². The SMILES string of the molecule is CC(C)(C)NC(=O)N1CCc2c(-c3cccc(C(F)(F)F)c3)ccc(C(=O)CCc3conc3C#N)c2C1. The van der Waals surface area contributed by atoms with Gasteiger partial charge >= 0.3 is 12.2 Å². The first-order valence-electron chi connectivity index (χ1n) is 12.1. The van der Waals surface area contributed by atoms with Crippen LogP contribution in [0, 0.1) is 11.3 Å². The number of hydrogen-bond acceptors (Lipinski definition) is 5. The molecule has 0 bridgehead atoms. The Morgan fingerprint density at radius 3 is 2.61 bits per heavy atom. The van der Waals surface area contributed by atoms with Gasteiger partial charge in [-0.25, -0.2) is 4.79 Å². The summed E-state index contributed by atoms with van der Waals surface area (Å²) < 4.78 is 45.0. The Labute approximate surface area is 218 Å². The number of carbonyl (C=O) groups is 2.